The SMILES string of the molecule is C#CCOc1c(F)cc(C(=O)NC2CC2)c(CC)c1F. The van der Waals surface area contributed by atoms with Gasteiger partial charge in [0.25, 0.3) is 5.91 Å². The van der Waals surface area contributed by atoms with E-state index in [1.165, 1.54) is 0 Å². The van der Waals surface area contributed by atoms with Crippen molar-refractivity contribution in [3.05, 3.63) is 28.8 Å². The van der Waals surface area contributed by atoms with Crippen molar-refractivity contribution in [2.24, 2.45) is 0 Å². The molecule has 20 heavy (non-hydrogen) atoms. The Bertz CT molecular complexity index is 574. The largest absolute Gasteiger partial charge is 0.475 e. The van der Waals surface area contributed by atoms with E-state index in [2.05, 4.69) is 11.2 Å². The molecule has 0 aliphatic heterocycles. The summed E-state index contributed by atoms with van der Waals surface area (Å²) in [6.07, 6.45) is 7.07. The molecule has 0 radical (unpaired) electrons. The van der Waals surface area contributed by atoms with E-state index in [0.717, 1.165) is 18.9 Å². The third-order valence-electron chi connectivity index (χ3n) is 3.09. The van der Waals surface area contributed by atoms with E-state index in [4.69, 9.17) is 11.2 Å². The lowest BCUT2D eigenvalue weighted by atomic mass is 10.0. The van der Waals surface area contributed by atoms with Gasteiger partial charge in [0.2, 0.25) is 0 Å². The van der Waals surface area contributed by atoms with Gasteiger partial charge in [0, 0.05) is 17.2 Å². The van der Waals surface area contributed by atoms with E-state index in [9.17, 15) is 13.6 Å². The maximum Gasteiger partial charge on any atom is 0.251 e. The summed E-state index contributed by atoms with van der Waals surface area (Å²) in [5.74, 6) is -0.611. The maximum absolute atomic E-state index is 14.2. The fraction of sp³-hybridized carbons (Fsp3) is 0.400. The molecule has 1 fully saturated rings. The van der Waals surface area contributed by atoms with E-state index in [-0.39, 0.29) is 30.2 Å². The fourth-order valence-corrected chi connectivity index (χ4v) is 1.92. The number of benzene rings is 1. The Morgan fingerprint density at radius 1 is 1.55 bits per heavy atom. The number of nitrogens with one attached hydrogen (secondary N) is 1. The van der Waals surface area contributed by atoms with Gasteiger partial charge in [-0.25, -0.2) is 8.78 Å². The molecule has 5 heteroatoms. The van der Waals surface area contributed by atoms with Gasteiger partial charge in [-0.2, -0.15) is 0 Å². The highest BCUT2D eigenvalue weighted by Crippen LogP contribution is 2.29. The first kappa shape index (κ1) is 14.3. The van der Waals surface area contributed by atoms with Gasteiger partial charge in [-0.3, -0.25) is 4.79 Å². The standard InChI is InChI=1S/C15H15F2NO2/c1-3-7-20-14-12(16)8-11(10(4-2)13(14)17)15(19)18-9-5-6-9/h1,8-9H,4-7H2,2H3,(H,18,19). The van der Waals surface area contributed by atoms with Crippen LogP contribution in [0, 0.1) is 24.0 Å². The number of carbonyl (C=O) groups is 1. The van der Waals surface area contributed by atoms with E-state index >= 15 is 0 Å². The number of carbonyl (C=O) groups excluding carboxylic acids is 1. The van der Waals surface area contributed by atoms with Crippen LogP contribution in [0.1, 0.15) is 35.7 Å². The van der Waals surface area contributed by atoms with Gasteiger partial charge in [-0.1, -0.05) is 12.8 Å². The first-order chi connectivity index (χ1) is 9.58. The molecular formula is C15H15F2NO2. The lowest BCUT2D eigenvalue weighted by molar-refractivity contribution is 0.0949. The van der Waals surface area contributed by atoms with Crippen molar-refractivity contribution in [2.75, 3.05) is 6.61 Å². The number of ether oxygens (including phenoxy) is 1. The van der Waals surface area contributed by atoms with E-state index in [1.54, 1.807) is 6.92 Å². The molecule has 1 amide bonds. The Kier molecular flexibility index (Phi) is 4.23. The first-order valence-electron chi connectivity index (χ1n) is 6.46. The van der Waals surface area contributed by atoms with Gasteiger partial charge in [0.05, 0.1) is 0 Å². The van der Waals surface area contributed by atoms with Crippen LogP contribution in [0.15, 0.2) is 6.07 Å². The van der Waals surface area contributed by atoms with Crippen LogP contribution in [-0.4, -0.2) is 18.6 Å². The number of terminal acetylenes is 1. The van der Waals surface area contributed by atoms with Gasteiger partial charge in [0.1, 0.15) is 6.61 Å². The zero-order chi connectivity index (χ0) is 14.7. The predicted octanol–water partition coefficient (Wildman–Crippen LogP) is 2.43. The lowest BCUT2D eigenvalue weighted by Gasteiger charge is -2.13. The summed E-state index contributed by atoms with van der Waals surface area (Å²) in [6, 6.07) is 1.13. The molecule has 0 saturated heterocycles. The summed E-state index contributed by atoms with van der Waals surface area (Å²) in [6.45, 7) is 1.46. The normalized spacial score (nSPS) is 13.7. The molecule has 1 aliphatic carbocycles. The van der Waals surface area contributed by atoms with E-state index in [1.807, 2.05) is 0 Å². The van der Waals surface area contributed by atoms with Crippen molar-refractivity contribution in [1.82, 2.24) is 5.32 Å². The van der Waals surface area contributed by atoms with Gasteiger partial charge in [-0.15, -0.1) is 6.42 Å². The number of hydrogen-bond donors (Lipinski definition) is 1. The Morgan fingerprint density at radius 3 is 2.80 bits per heavy atom. The second kappa shape index (κ2) is 5.91. The number of halogens is 2. The van der Waals surface area contributed by atoms with Crippen LogP contribution < -0.4 is 10.1 Å². The van der Waals surface area contributed by atoms with Gasteiger partial charge in [0.15, 0.2) is 17.4 Å². The summed E-state index contributed by atoms with van der Waals surface area (Å²) in [5, 5.41) is 2.72. The molecule has 0 bridgehead atoms. The summed E-state index contributed by atoms with van der Waals surface area (Å²) < 4.78 is 32.9. The smallest absolute Gasteiger partial charge is 0.251 e. The zero-order valence-electron chi connectivity index (χ0n) is 11.1. The van der Waals surface area contributed by atoms with E-state index < -0.39 is 23.3 Å². The zero-order valence-corrected chi connectivity index (χ0v) is 11.1. The molecule has 0 spiro atoms. The first-order valence-corrected chi connectivity index (χ1v) is 6.46. The fourth-order valence-electron chi connectivity index (χ4n) is 1.92. The second-order valence-corrected chi connectivity index (χ2v) is 4.62. The molecule has 1 aliphatic rings. The van der Waals surface area contributed by atoms with Crippen molar-refractivity contribution < 1.29 is 18.3 Å². The Labute approximate surface area is 116 Å². The van der Waals surface area contributed by atoms with Crippen LogP contribution in [0.4, 0.5) is 8.78 Å². The van der Waals surface area contributed by atoms with Crippen molar-refractivity contribution in [2.45, 2.75) is 32.2 Å². The minimum absolute atomic E-state index is 0.0162. The van der Waals surface area contributed by atoms with Crippen LogP contribution in [0.25, 0.3) is 0 Å². The van der Waals surface area contributed by atoms with Crippen molar-refractivity contribution in [3.63, 3.8) is 0 Å². The Morgan fingerprint density at radius 2 is 2.25 bits per heavy atom. The topological polar surface area (TPSA) is 38.3 Å². The predicted molar refractivity (Wildman–Crippen MR) is 70.6 cm³/mol. The Balaban J connectivity index is 2.37. The molecule has 1 aromatic carbocycles. The number of hydrogen-bond acceptors (Lipinski definition) is 2. The average Bonchev–Trinajstić information content (AvgIpc) is 3.22. The minimum Gasteiger partial charge on any atom is -0.475 e. The minimum atomic E-state index is -0.920. The van der Waals surface area contributed by atoms with Crippen LogP contribution in [0.3, 0.4) is 0 Å². The van der Waals surface area contributed by atoms with Gasteiger partial charge < -0.3 is 10.1 Å². The molecule has 1 N–H and O–H groups in total. The third-order valence-corrected chi connectivity index (χ3v) is 3.09. The van der Waals surface area contributed by atoms with E-state index in [0.29, 0.717) is 0 Å². The van der Waals surface area contributed by atoms with Crippen molar-refractivity contribution >= 4 is 5.91 Å². The van der Waals surface area contributed by atoms with Crippen LogP contribution in [0.2, 0.25) is 0 Å². The molecule has 1 saturated carbocycles. The monoisotopic (exact) mass is 279 g/mol. The Hall–Kier alpha value is -2.09. The van der Waals surface area contributed by atoms with Crippen LogP contribution in [-0.2, 0) is 6.42 Å². The highest BCUT2D eigenvalue weighted by Gasteiger charge is 2.27. The molecule has 1 aromatic rings. The molecule has 0 aromatic heterocycles. The summed E-state index contributed by atoms with van der Waals surface area (Å²) in [4.78, 5) is 12.0. The molecule has 106 valence electrons. The second-order valence-electron chi connectivity index (χ2n) is 4.62. The van der Waals surface area contributed by atoms with Crippen LogP contribution >= 0.6 is 0 Å². The highest BCUT2D eigenvalue weighted by atomic mass is 19.1. The highest BCUT2D eigenvalue weighted by molar-refractivity contribution is 5.96. The molecular weight excluding hydrogens is 264 g/mol. The molecule has 0 heterocycles. The molecule has 3 nitrogen and oxygen atoms in total. The molecule has 2 rings (SSSR count). The summed E-state index contributed by atoms with van der Waals surface area (Å²) in [5.41, 5.74) is 0.152. The van der Waals surface area contributed by atoms with Crippen LogP contribution in [0.5, 0.6) is 5.75 Å². The lowest BCUT2D eigenvalue weighted by Crippen LogP contribution is -2.27. The summed E-state index contributed by atoms with van der Waals surface area (Å²) >= 11 is 0. The number of amides is 1. The number of rotatable bonds is 5. The quantitative estimate of drug-likeness (QED) is 0.841. The maximum atomic E-state index is 14.2. The van der Waals surface area contributed by atoms with Gasteiger partial charge >= 0.3 is 0 Å². The molecule has 0 atom stereocenters. The van der Waals surface area contributed by atoms with Gasteiger partial charge in [-0.05, 0) is 25.3 Å². The average molecular weight is 279 g/mol. The molecule has 0 unspecified atom stereocenters. The van der Waals surface area contributed by atoms with Crippen molar-refractivity contribution in [1.29, 1.82) is 0 Å². The third kappa shape index (κ3) is 2.90. The summed E-state index contributed by atoms with van der Waals surface area (Å²) in [7, 11) is 0. The van der Waals surface area contributed by atoms with Crippen molar-refractivity contribution in [3.8, 4) is 18.1 Å².